The Kier molecular flexibility index (Phi) is 15.9. The molecule has 0 aliphatic carbocycles. The second kappa shape index (κ2) is 20.8. The number of hydrogen-bond donors (Lipinski definition) is 4. The number of ether oxygens (including phenoxy) is 5. The summed E-state index contributed by atoms with van der Waals surface area (Å²) in [6, 6.07) is 6.05. The predicted octanol–water partition coefficient (Wildman–Crippen LogP) is 7.30. The Morgan fingerprint density at radius 1 is 0.823 bits per heavy atom. The van der Waals surface area contributed by atoms with Crippen LogP contribution in [0.4, 0.5) is 4.79 Å². The molecule has 2 atom stereocenters. The number of alkyl carbamates (subject to hydrolysis) is 1. The maximum Gasteiger partial charge on any atom is 0.407 e. The van der Waals surface area contributed by atoms with Crippen LogP contribution in [0.1, 0.15) is 117 Å². The summed E-state index contributed by atoms with van der Waals surface area (Å²) in [5.41, 5.74) is 10.6. The summed E-state index contributed by atoms with van der Waals surface area (Å²) >= 11 is 0. The monoisotopic (exact) mass is 854 g/mol. The van der Waals surface area contributed by atoms with Crippen molar-refractivity contribution in [3.8, 4) is 0 Å². The minimum absolute atomic E-state index is 0.118. The molecular weight excluding hydrogens is 793 g/mol. The van der Waals surface area contributed by atoms with Gasteiger partial charge in [0.2, 0.25) is 0 Å². The number of esters is 2. The van der Waals surface area contributed by atoms with Crippen molar-refractivity contribution in [2.45, 2.75) is 98.5 Å². The molecule has 0 radical (unpaired) electrons. The molecule has 2 amide bonds. The average molecular weight is 855 g/mol. The van der Waals surface area contributed by atoms with Crippen LogP contribution in [0.5, 0.6) is 0 Å². The number of hydrogen-bond acceptors (Lipinski definition) is 11. The van der Waals surface area contributed by atoms with Gasteiger partial charge < -0.3 is 44.3 Å². The number of aromatic amines is 2. The van der Waals surface area contributed by atoms with Crippen molar-refractivity contribution in [3.63, 3.8) is 0 Å². The molecule has 2 aliphatic heterocycles. The number of H-pyrrole nitrogens is 2. The summed E-state index contributed by atoms with van der Waals surface area (Å²) in [7, 11) is 2.67. The number of nitrogens with one attached hydrogen (secondary N) is 4. The van der Waals surface area contributed by atoms with Gasteiger partial charge >= 0.3 is 18.0 Å². The normalized spacial score (nSPS) is 15.0. The summed E-state index contributed by atoms with van der Waals surface area (Å²) in [6.45, 7) is 21.1. The Labute approximate surface area is 363 Å². The van der Waals surface area contributed by atoms with Gasteiger partial charge in [0.25, 0.3) is 5.91 Å². The molecule has 0 saturated carbocycles. The molecule has 4 N–H and O–H groups in total. The lowest BCUT2D eigenvalue weighted by Crippen LogP contribution is -2.34. The lowest BCUT2D eigenvalue weighted by Gasteiger charge is -2.19. The molecule has 15 nitrogen and oxygen atoms in total. The Hall–Kier alpha value is -5.80. The van der Waals surface area contributed by atoms with Crippen LogP contribution in [-0.2, 0) is 50.9 Å². The van der Waals surface area contributed by atoms with Crippen LogP contribution in [0.15, 0.2) is 24.8 Å². The van der Waals surface area contributed by atoms with Crippen molar-refractivity contribution in [1.82, 2.24) is 30.6 Å². The first-order valence-corrected chi connectivity index (χ1v) is 21.2. The van der Waals surface area contributed by atoms with Gasteiger partial charge in [0.15, 0.2) is 0 Å². The standard InChI is InChI=1S/C47H62N6O9/c1-12-30-26(3)34-23-36-28(5)32(14-15-40(54)58-10)43(52-36)33(22-41(55)59-11)44-42(45(56)48-16-18-60-20-21-61-19-17-49-46(57)62-47(7,8)9)29(6)37(53-44)25-39-31(13-2)27(4)35(51-39)24-38(30)50-34/h12,23-25,28,32,50-51H,1,13-22H2,2-11H3,(H,48,56)(H,49,57). The number of fused-ring (bicyclic) bond motifs is 8. The molecule has 0 saturated heterocycles. The van der Waals surface area contributed by atoms with E-state index in [2.05, 4.69) is 47.1 Å². The van der Waals surface area contributed by atoms with E-state index in [-0.39, 0.29) is 70.2 Å². The fourth-order valence-corrected chi connectivity index (χ4v) is 7.89. The molecular formula is C47H62N6O9. The van der Waals surface area contributed by atoms with E-state index in [9.17, 15) is 19.2 Å². The molecule has 5 rings (SSSR count). The van der Waals surface area contributed by atoms with Crippen molar-refractivity contribution in [2.75, 3.05) is 53.7 Å². The third-order valence-electron chi connectivity index (χ3n) is 11.2. The summed E-state index contributed by atoms with van der Waals surface area (Å²) in [4.78, 5) is 69.7. The van der Waals surface area contributed by atoms with E-state index in [0.717, 1.165) is 56.4 Å². The molecule has 3 aromatic rings. The smallest absolute Gasteiger partial charge is 0.407 e. The van der Waals surface area contributed by atoms with E-state index in [1.54, 1.807) is 20.8 Å². The van der Waals surface area contributed by atoms with Crippen LogP contribution in [0.3, 0.4) is 0 Å². The Morgan fingerprint density at radius 3 is 2.10 bits per heavy atom. The van der Waals surface area contributed by atoms with Crippen molar-refractivity contribution in [1.29, 1.82) is 0 Å². The zero-order valence-electron chi connectivity index (χ0n) is 37.8. The number of methoxy groups -OCH3 is 2. The highest BCUT2D eigenvalue weighted by molar-refractivity contribution is 6.27. The minimum atomic E-state index is -0.585. The first-order valence-electron chi connectivity index (χ1n) is 21.2. The van der Waals surface area contributed by atoms with E-state index in [1.165, 1.54) is 14.2 Å². The van der Waals surface area contributed by atoms with E-state index >= 15 is 0 Å². The van der Waals surface area contributed by atoms with E-state index in [4.69, 9.17) is 33.7 Å². The van der Waals surface area contributed by atoms with Crippen LogP contribution >= 0.6 is 0 Å². The number of nitrogens with zero attached hydrogens (tertiary/aromatic N) is 2. The Bertz CT molecular complexity index is 2390. The zero-order valence-corrected chi connectivity index (χ0v) is 37.8. The molecule has 2 unspecified atom stereocenters. The van der Waals surface area contributed by atoms with Crippen molar-refractivity contribution in [3.05, 3.63) is 75.4 Å². The molecule has 2 aliphatic rings. The number of rotatable bonds is 17. The number of amides is 2. The highest BCUT2D eigenvalue weighted by atomic mass is 16.6. The molecule has 3 aromatic heterocycles. The molecule has 334 valence electrons. The number of carbonyl (C=O) groups is 4. The van der Waals surface area contributed by atoms with Crippen molar-refractivity contribution >= 4 is 63.2 Å². The fraction of sp³-hybridized carbons (Fsp3) is 0.489. The maximum absolute atomic E-state index is 14.4. The van der Waals surface area contributed by atoms with Gasteiger partial charge in [0, 0.05) is 70.2 Å². The Morgan fingerprint density at radius 2 is 1.47 bits per heavy atom. The first kappa shape index (κ1) is 47.3. The van der Waals surface area contributed by atoms with Gasteiger partial charge in [-0.3, -0.25) is 19.4 Å². The number of allylic oxidation sites excluding steroid dienone is 1. The molecule has 5 heterocycles. The number of aromatic nitrogens is 4. The summed E-state index contributed by atoms with van der Waals surface area (Å²) in [5, 5.41) is 5.63. The van der Waals surface area contributed by atoms with Gasteiger partial charge in [-0.25, -0.2) is 9.78 Å². The fourth-order valence-electron chi connectivity index (χ4n) is 7.89. The minimum Gasteiger partial charge on any atom is -0.469 e. The van der Waals surface area contributed by atoms with Crippen LogP contribution < -0.4 is 10.6 Å². The lowest BCUT2D eigenvalue weighted by atomic mass is 9.84. The second-order valence-electron chi connectivity index (χ2n) is 16.5. The predicted molar refractivity (Wildman–Crippen MR) is 239 cm³/mol. The number of aryl methyl sites for hydroxylation is 3. The van der Waals surface area contributed by atoms with Gasteiger partial charge in [-0.15, -0.1) is 0 Å². The van der Waals surface area contributed by atoms with E-state index < -0.39 is 23.6 Å². The molecule has 0 fully saturated rings. The lowest BCUT2D eigenvalue weighted by molar-refractivity contribution is -0.141. The van der Waals surface area contributed by atoms with E-state index in [0.29, 0.717) is 40.2 Å². The third kappa shape index (κ3) is 11.2. The summed E-state index contributed by atoms with van der Waals surface area (Å²) < 4.78 is 26.8. The molecule has 15 heteroatoms. The molecule has 0 spiro atoms. The Balaban J connectivity index is 1.57. The van der Waals surface area contributed by atoms with Crippen LogP contribution in [0, 0.1) is 13.8 Å². The van der Waals surface area contributed by atoms with Crippen LogP contribution in [-0.4, -0.2) is 103 Å². The summed E-state index contributed by atoms with van der Waals surface area (Å²) in [6.07, 6.45) is 2.35. The van der Waals surface area contributed by atoms with Crippen molar-refractivity contribution < 1.29 is 42.9 Å². The van der Waals surface area contributed by atoms with Crippen LogP contribution in [0.2, 0.25) is 0 Å². The van der Waals surface area contributed by atoms with Crippen molar-refractivity contribution in [2.24, 2.45) is 0 Å². The van der Waals surface area contributed by atoms with Gasteiger partial charge in [-0.1, -0.05) is 26.5 Å². The van der Waals surface area contributed by atoms with Gasteiger partial charge in [0.1, 0.15) is 5.60 Å². The quantitative estimate of drug-likeness (QED) is 0.0605. The van der Waals surface area contributed by atoms with E-state index in [1.807, 2.05) is 39.0 Å². The first-order chi connectivity index (χ1) is 29.5. The SMILES string of the molecule is C=Cc1c(C)c2cc3nc(c(CC(=O)OC)c4nc(cc5[nH]c(cc1[nH]2)c(C)c5CC)C(C)=C4C(=O)NCCOCCOCCNC(=O)OC(C)(C)C)C(CCC(=O)OC)C3C. The molecule has 62 heavy (non-hydrogen) atoms. The number of carbonyl (C=O) groups excluding carboxylic acids is 4. The maximum atomic E-state index is 14.4. The second-order valence-corrected chi connectivity index (χ2v) is 16.5. The summed E-state index contributed by atoms with van der Waals surface area (Å²) in [5.74, 6) is -1.82. The van der Waals surface area contributed by atoms with Gasteiger partial charge in [0.05, 0.1) is 69.7 Å². The third-order valence-corrected chi connectivity index (χ3v) is 11.2. The zero-order chi connectivity index (χ0) is 45.3. The highest BCUT2D eigenvalue weighted by Crippen LogP contribution is 2.44. The molecule has 8 bridgehead atoms. The van der Waals surface area contributed by atoms with Gasteiger partial charge in [-0.2, -0.15) is 0 Å². The van der Waals surface area contributed by atoms with Crippen LogP contribution in [0.25, 0.3) is 39.3 Å². The van der Waals surface area contributed by atoms with Gasteiger partial charge in [-0.05, 0) is 94.8 Å². The topological polar surface area (TPSA) is 196 Å². The highest BCUT2D eigenvalue weighted by Gasteiger charge is 2.36. The molecule has 0 aromatic carbocycles. The largest absolute Gasteiger partial charge is 0.469 e. The average Bonchev–Trinajstić information content (AvgIpc) is 3.91.